The summed E-state index contributed by atoms with van der Waals surface area (Å²) in [6, 6.07) is 9.91. The summed E-state index contributed by atoms with van der Waals surface area (Å²) >= 11 is 5.18. The molecule has 3 rings (SSSR count). The number of fused-ring (bicyclic) bond motifs is 1. The van der Waals surface area contributed by atoms with E-state index in [1.807, 2.05) is 12.1 Å². The average Bonchev–Trinajstić information content (AvgIpc) is 2.84. The molecule has 0 atom stereocenters. The van der Waals surface area contributed by atoms with E-state index in [1.165, 1.54) is 10.1 Å². The van der Waals surface area contributed by atoms with Gasteiger partial charge >= 0.3 is 0 Å². The Kier molecular flexibility index (Phi) is 2.22. The van der Waals surface area contributed by atoms with Crippen LogP contribution in [0, 0.1) is 0 Å². The number of thiophene rings is 1. The normalized spacial score (nSPS) is 11.1. The molecule has 2 N–H and O–H groups in total. The maximum atomic E-state index is 5.53. The Balaban J connectivity index is 2.22. The third kappa shape index (κ3) is 1.52. The van der Waals surface area contributed by atoms with Gasteiger partial charge in [0.25, 0.3) is 0 Å². The molecule has 0 unspecified atom stereocenters. The Morgan fingerprint density at radius 3 is 2.88 bits per heavy atom. The van der Waals surface area contributed by atoms with Crippen LogP contribution in [0.25, 0.3) is 20.7 Å². The largest absolute Gasteiger partial charge is 0.381 e. The van der Waals surface area contributed by atoms with Crippen LogP contribution in [0.5, 0.6) is 0 Å². The Labute approximate surface area is 104 Å². The molecule has 0 aliphatic rings. The third-order valence-corrected chi connectivity index (χ3v) is 4.39. The topological polar surface area (TPSA) is 52.0 Å². The van der Waals surface area contributed by atoms with E-state index in [9.17, 15) is 0 Å². The molecule has 0 radical (unpaired) electrons. The van der Waals surface area contributed by atoms with Gasteiger partial charge in [0.1, 0.15) is 0 Å². The van der Waals surface area contributed by atoms with Gasteiger partial charge in [-0.1, -0.05) is 17.3 Å². The lowest BCUT2D eigenvalue weighted by Crippen LogP contribution is -1.79. The number of anilines is 1. The smallest absolute Gasteiger partial charge is 0.179 e. The van der Waals surface area contributed by atoms with E-state index in [0.717, 1.165) is 9.35 Å². The van der Waals surface area contributed by atoms with Gasteiger partial charge in [-0.2, -0.15) is 0 Å². The molecular formula is C11H7BrN2OS. The first-order valence-electron chi connectivity index (χ1n) is 4.64. The van der Waals surface area contributed by atoms with Crippen molar-refractivity contribution in [1.82, 2.24) is 5.16 Å². The SMILES string of the molecule is Nc1cc(-c2cc3cccc(Br)c3s2)on1. The van der Waals surface area contributed by atoms with Crippen LogP contribution >= 0.6 is 27.3 Å². The van der Waals surface area contributed by atoms with Crippen LogP contribution in [0.1, 0.15) is 0 Å². The molecule has 2 heterocycles. The molecule has 0 saturated heterocycles. The van der Waals surface area contributed by atoms with Gasteiger partial charge in [0.15, 0.2) is 11.6 Å². The van der Waals surface area contributed by atoms with Gasteiger partial charge in [-0.25, -0.2) is 0 Å². The minimum absolute atomic E-state index is 0.409. The van der Waals surface area contributed by atoms with Gasteiger partial charge in [0.2, 0.25) is 0 Å². The Morgan fingerprint density at radius 2 is 2.19 bits per heavy atom. The molecule has 80 valence electrons. The second-order valence-corrected chi connectivity index (χ2v) is 5.29. The van der Waals surface area contributed by atoms with Crippen molar-refractivity contribution in [3.8, 4) is 10.6 Å². The quantitative estimate of drug-likeness (QED) is 0.740. The molecule has 1 aromatic carbocycles. The highest BCUT2D eigenvalue weighted by Crippen LogP contribution is 2.37. The molecule has 0 aliphatic carbocycles. The van der Waals surface area contributed by atoms with Gasteiger partial charge in [-0.05, 0) is 33.4 Å². The zero-order valence-corrected chi connectivity index (χ0v) is 10.5. The molecule has 5 heteroatoms. The minimum Gasteiger partial charge on any atom is -0.381 e. The average molecular weight is 295 g/mol. The predicted molar refractivity (Wildman–Crippen MR) is 69.4 cm³/mol. The first kappa shape index (κ1) is 9.86. The molecule has 3 nitrogen and oxygen atoms in total. The van der Waals surface area contributed by atoms with Crippen molar-refractivity contribution >= 4 is 43.2 Å². The molecule has 0 bridgehead atoms. The van der Waals surface area contributed by atoms with Crippen LogP contribution in [-0.2, 0) is 0 Å². The van der Waals surface area contributed by atoms with Crippen LogP contribution in [0.3, 0.4) is 0 Å². The summed E-state index contributed by atoms with van der Waals surface area (Å²) in [6.07, 6.45) is 0. The number of nitrogens with zero attached hydrogens (tertiary/aromatic N) is 1. The molecule has 16 heavy (non-hydrogen) atoms. The van der Waals surface area contributed by atoms with Crippen molar-refractivity contribution in [3.63, 3.8) is 0 Å². The molecule has 0 saturated carbocycles. The molecule has 0 amide bonds. The fourth-order valence-corrected chi connectivity index (χ4v) is 3.19. The van der Waals surface area contributed by atoms with Crippen molar-refractivity contribution in [2.45, 2.75) is 0 Å². The highest BCUT2D eigenvalue weighted by atomic mass is 79.9. The predicted octanol–water partition coefficient (Wildman–Crippen LogP) is 3.90. The summed E-state index contributed by atoms with van der Waals surface area (Å²) < 4.78 is 7.43. The van der Waals surface area contributed by atoms with E-state index < -0.39 is 0 Å². The minimum atomic E-state index is 0.409. The summed E-state index contributed by atoms with van der Waals surface area (Å²) in [4.78, 5) is 1.03. The summed E-state index contributed by atoms with van der Waals surface area (Å²) in [5.74, 6) is 1.12. The van der Waals surface area contributed by atoms with Gasteiger partial charge < -0.3 is 10.3 Å². The monoisotopic (exact) mass is 294 g/mol. The van der Waals surface area contributed by atoms with E-state index in [0.29, 0.717) is 11.6 Å². The Morgan fingerprint density at radius 1 is 1.31 bits per heavy atom. The van der Waals surface area contributed by atoms with Crippen molar-refractivity contribution in [1.29, 1.82) is 0 Å². The van der Waals surface area contributed by atoms with E-state index in [4.69, 9.17) is 10.3 Å². The number of hydrogen-bond donors (Lipinski definition) is 1. The van der Waals surface area contributed by atoms with Crippen LogP contribution < -0.4 is 5.73 Å². The summed E-state index contributed by atoms with van der Waals surface area (Å²) in [5.41, 5.74) is 5.53. The lowest BCUT2D eigenvalue weighted by atomic mass is 10.2. The molecule has 0 spiro atoms. The van der Waals surface area contributed by atoms with Gasteiger partial charge in [0.05, 0.1) is 4.88 Å². The highest BCUT2D eigenvalue weighted by Gasteiger charge is 2.10. The zero-order valence-electron chi connectivity index (χ0n) is 8.11. The van der Waals surface area contributed by atoms with Gasteiger partial charge in [0, 0.05) is 15.2 Å². The maximum absolute atomic E-state index is 5.53. The summed E-state index contributed by atoms with van der Waals surface area (Å²) in [6.45, 7) is 0. The van der Waals surface area contributed by atoms with Gasteiger partial charge in [-0.3, -0.25) is 0 Å². The molecule has 0 fully saturated rings. The molecule has 3 aromatic rings. The zero-order chi connectivity index (χ0) is 11.1. The first-order chi connectivity index (χ1) is 7.74. The lowest BCUT2D eigenvalue weighted by Gasteiger charge is -1.89. The molecular weight excluding hydrogens is 288 g/mol. The molecule has 2 aromatic heterocycles. The number of hydrogen-bond acceptors (Lipinski definition) is 4. The van der Waals surface area contributed by atoms with Crippen LogP contribution in [0.15, 0.2) is 39.3 Å². The summed E-state index contributed by atoms with van der Waals surface area (Å²) in [7, 11) is 0. The van der Waals surface area contributed by atoms with Crippen molar-refractivity contribution in [3.05, 3.63) is 34.8 Å². The third-order valence-electron chi connectivity index (χ3n) is 2.27. The number of aromatic nitrogens is 1. The number of rotatable bonds is 1. The van der Waals surface area contributed by atoms with Crippen LogP contribution in [0.2, 0.25) is 0 Å². The first-order valence-corrected chi connectivity index (χ1v) is 6.25. The van der Waals surface area contributed by atoms with E-state index in [1.54, 1.807) is 17.4 Å². The maximum Gasteiger partial charge on any atom is 0.179 e. The number of benzene rings is 1. The fraction of sp³-hybridized carbons (Fsp3) is 0. The van der Waals surface area contributed by atoms with E-state index in [2.05, 4.69) is 33.2 Å². The van der Waals surface area contributed by atoms with Crippen molar-refractivity contribution in [2.75, 3.05) is 5.73 Å². The Bertz CT molecular complexity index is 659. The standard InChI is InChI=1S/C11H7BrN2OS/c12-7-3-1-2-6-4-9(16-11(6)7)8-5-10(13)14-15-8/h1-5H,(H2,13,14). The number of nitrogens with two attached hydrogens (primary N) is 1. The molecule has 0 aliphatic heterocycles. The number of nitrogen functional groups attached to an aromatic ring is 1. The van der Waals surface area contributed by atoms with Crippen LogP contribution in [-0.4, -0.2) is 5.16 Å². The van der Waals surface area contributed by atoms with Gasteiger partial charge in [-0.15, -0.1) is 11.3 Å². The van der Waals surface area contributed by atoms with E-state index in [-0.39, 0.29) is 0 Å². The lowest BCUT2D eigenvalue weighted by molar-refractivity contribution is 0.436. The second-order valence-electron chi connectivity index (χ2n) is 3.38. The second kappa shape index (κ2) is 3.61. The summed E-state index contributed by atoms with van der Waals surface area (Å²) in [5, 5.41) is 4.87. The van der Waals surface area contributed by atoms with Crippen molar-refractivity contribution < 1.29 is 4.52 Å². The van der Waals surface area contributed by atoms with E-state index >= 15 is 0 Å². The fourth-order valence-electron chi connectivity index (χ4n) is 1.55. The van der Waals surface area contributed by atoms with Crippen LogP contribution in [0.4, 0.5) is 5.82 Å². The highest BCUT2D eigenvalue weighted by molar-refractivity contribution is 9.10. The van der Waals surface area contributed by atoms with Crippen molar-refractivity contribution in [2.24, 2.45) is 0 Å². The number of halogens is 1. The Hall–Kier alpha value is -1.33.